The van der Waals surface area contributed by atoms with Crippen LogP contribution in [-0.2, 0) is 9.59 Å². The zero-order valence-electron chi connectivity index (χ0n) is 12.2. The van der Waals surface area contributed by atoms with Crippen molar-refractivity contribution in [3.63, 3.8) is 0 Å². The van der Waals surface area contributed by atoms with Crippen molar-refractivity contribution in [3.8, 4) is 5.75 Å². The van der Waals surface area contributed by atoms with E-state index in [0.717, 1.165) is 0 Å². The lowest BCUT2D eigenvalue weighted by atomic mass is 9.96. The molecule has 1 aromatic rings. The van der Waals surface area contributed by atoms with Gasteiger partial charge < -0.3 is 9.64 Å². The van der Waals surface area contributed by atoms with Crippen molar-refractivity contribution in [2.75, 3.05) is 19.7 Å². The highest BCUT2D eigenvalue weighted by Crippen LogP contribution is 2.36. The summed E-state index contributed by atoms with van der Waals surface area (Å²) in [5.74, 6) is 5.00. The molecule has 1 fully saturated rings. The molecule has 0 aromatic heterocycles. The molecule has 0 bridgehead atoms. The second kappa shape index (κ2) is 8.19. The summed E-state index contributed by atoms with van der Waals surface area (Å²) >= 11 is 15.2. The average Bonchev–Trinajstić information content (AvgIpc) is 2.53. The molecule has 3 N–H and O–H groups in total. The molecule has 1 saturated heterocycles. The highest BCUT2D eigenvalue weighted by Gasteiger charge is 2.27. The summed E-state index contributed by atoms with van der Waals surface area (Å²) in [4.78, 5) is 25.3. The van der Waals surface area contributed by atoms with Gasteiger partial charge >= 0.3 is 0 Å². The molecule has 9 heteroatoms. The molecule has 0 atom stereocenters. The van der Waals surface area contributed by atoms with Gasteiger partial charge in [-0.3, -0.25) is 15.0 Å². The molecule has 0 spiro atoms. The number of halogens is 3. The lowest BCUT2D eigenvalue weighted by Crippen LogP contribution is -2.45. The van der Waals surface area contributed by atoms with Crippen LogP contribution in [0.5, 0.6) is 5.75 Å². The summed E-state index contributed by atoms with van der Waals surface area (Å²) in [5, 5.41) is 0.802. The van der Waals surface area contributed by atoms with Crippen molar-refractivity contribution in [1.29, 1.82) is 0 Å². The number of nitrogens with one attached hydrogen (secondary N) is 1. The second-order valence-electron chi connectivity index (χ2n) is 5.15. The predicted octanol–water partition coefficient (Wildman–Crippen LogP) is 2.36. The molecule has 1 aliphatic rings. The minimum absolute atomic E-state index is 0.131. The number of carbonyl (C=O) groups is 2. The first-order chi connectivity index (χ1) is 10.9. The number of benzene rings is 1. The molecule has 2 rings (SSSR count). The molecule has 23 heavy (non-hydrogen) atoms. The molecular formula is C14H16BrCl2N3O3. The maximum Gasteiger partial charge on any atom is 0.260 e. The topological polar surface area (TPSA) is 84.7 Å². The molecule has 0 aliphatic carbocycles. The van der Waals surface area contributed by atoms with Crippen molar-refractivity contribution in [1.82, 2.24) is 10.3 Å². The Morgan fingerprint density at radius 1 is 1.35 bits per heavy atom. The standard InChI is InChI=1S/C14H16BrCl2N3O3/c15-10-5-9(16)6-11(17)13(10)23-7-12(21)20-3-1-8(2-4-20)14(22)19-18/h5-6,8H,1-4,7,18H2,(H,19,22). The van der Waals surface area contributed by atoms with E-state index in [0.29, 0.717) is 46.2 Å². The Bertz CT molecular complexity index is 584. The fourth-order valence-electron chi connectivity index (χ4n) is 2.40. The number of hydrogen-bond acceptors (Lipinski definition) is 4. The van der Waals surface area contributed by atoms with E-state index in [4.69, 9.17) is 33.8 Å². The van der Waals surface area contributed by atoms with Gasteiger partial charge in [0.15, 0.2) is 12.4 Å². The van der Waals surface area contributed by atoms with Gasteiger partial charge in [0, 0.05) is 24.0 Å². The number of hydrogen-bond donors (Lipinski definition) is 2. The summed E-state index contributed by atoms with van der Waals surface area (Å²) in [6.45, 7) is 0.860. The Morgan fingerprint density at radius 3 is 2.57 bits per heavy atom. The number of nitrogens with zero attached hydrogens (tertiary/aromatic N) is 1. The maximum absolute atomic E-state index is 12.2. The Hall–Kier alpha value is -1.02. The van der Waals surface area contributed by atoms with Gasteiger partial charge in [-0.1, -0.05) is 23.2 Å². The SMILES string of the molecule is NNC(=O)C1CCN(C(=O)COc2c(Cl)cc(Cl)cc2Br)CC1. The largest absolute Gasteiger partial charge is 0.481 e. The molecule has 0 radical (unpaired) electrons. The number of nitrogens with two attached hydrogens (primary N) is 1. The van der Waals surface area contributed by atoms with Gasteiger partial charge in [-0.05, 0) is 40.9 Å². The Labute approximate surface area is 152 Å². The number of likely N-dealkylation sites (tertiary alicyclic amines) is 1. The van der Waals surface area contributed by atoms with E-state index in [1.165, 1.54) is 0 Å². The van der Waals surface area contributed by atoms with Crippen LogP contribution in [0, 0.1) is 5.92 Å². The van der Waals surface area contributed by atoms with Gasteiger partial charge in [-0.2, -0.15) is 0 Å². The van der Waals surface area contributed by atoms with Crippen LogP contribution < -0.4 is 16.0 Å². The number of rotatable bonds is 4. The van der Waals surface area contributed by atoms with Gasteiger partial charge in [0.1, 0.15) is 0 Å². The normalized spacial score (nSPS) is 15.4. The van der Waals surface area contributed by atoms with Gasteiger partial charge in [-0.15, -0.1) is 0 Å². The smallest absolute Gasteiger partial charge is 0.260 e. The fourth-order valence-corrected chi connectivity index (χ4v) is 3.77. The van der Waals surface area contributed by atoms with E-state index in [1.54, 1.807) is 17.0 Å². The number of ether oxygens (including phenoxy) is 1. The number of amides is 2. The van der Waals surface area contributed by atoms with Gasteiger partial charge in [-0.25, -0.2) is 5.84 Å². The third kappa shape index (κ3) is 4.73. The van der Waals surface area contributed by atoms with Crippen LogP contribution in [0.2, 0.25) is 10.0 Å². The summed E-state index contributed by atoms with van der Waals surface area (Å²) in [7, 11) is 0. The molecular weight excluding hydrogens is 409 g/mol. The van der Waals surface area contributed by atoms with Crippen molar-refractivity contribution in [3.05, 3.63) is 26.7 Å². The molecule has 0 unspecified atom stereocenters. The van der Waals surface area contributed by atoms with Crippen molar-refractivity contribution < 1.29 is 14.3 Å². The highest BCUT2D eigenvalue weighted by molar-refractivity contribution is 9.10. The summed E-state index contributed by atoms with van der Waals surface area (Å²) in [6, 6.07) is 3.19. The van der Waals surface area contributed by atoms with Gasteiger partial charge in [0.2, 0.25) is 5.91 Å². The van der Waals surface area contributed by atoms with Crippen LogP contribution in [0.15, 0.2) is 16.6 Å². The quantitative estimate of drug-likeness (QED) is 0.441. The molecule has 1 aromatic carbocycles. The molecule has 126 valence electrons. The van der Waals surface area contributed by atoms with E-state index in [2.05, 4.69) is 21.4 Å². The molecule has 0 saturated carbocycles. The number of hydrazine groups is 1. The minimum Gasteiger partial charge on any atom is -0.481 e. The van der Waals surface area contributed by atoms with Crippen LogP contribution in [0.25, 0.3) is 0 Å². The first kappa shape index (κ1) is 18.3. The van der Waals surface area contributed by atoms with Crippen LogP contribution in [0.4, 0.5) is 0 Å². The first-order valence-corrected chi connectivity index (χ1v) is 8.53. The predicted molar refractivity (Wildman–Crippen MR) is 91.3 cm³/mol. The lowest BCUT2D eigenvalue weighted by molar-refractivity contribution is -0.137. The number of piperidine rings is 1. The Balaban J connectivity index is 1.88. The summed E-state index contributed by atoms with van der Waals surface area (Å²) in [6.07, 6.45) is 1.17. The third-order valence-corrected chi connectivity index (χ3v) is 4.75. The zero-order chi connectivity index (χ0) is 17.0. The van der Waals surface area contributed by atoms with Crippen molar-refractivity contribution >= 4 is 50.9 Å². The van der Waals surface area contributed by atoms with Crippen LogP contribution in [0.1, 0.15) is 12.8 Å². The van der Waals surface area contributed by atoms with Crippen LogP contribution in [0.3, 0.4) is 0 Å². The van der Waals surface area contributed by atoms with Gasteiger partial charge in [0.25, 0.3) is 5.91 Å². The van der Waals surface area contributed by atoms with Crippen LogP contribution >= 0.6 is 39.1 Å². The monoisotopic (exact) mass is 423 g/mol. The second-order valence-corrected chi connectivity index (χ2v) is 6.85. The Kier molecular flexibility index (Phi) is 6.52. The van der Waals surface area contributed by atoms with E-state index >= 15 is 0 Å². The fraction of sp³-hybridized carbons (Fsp3) is 0.429. The molecule has 1 heterocycles. The third-order valence-electron chi connectivity index (χ3n) is 3.66. The zero-order valence-corrected chi connectivity index (χ0v) is 15.2. The Morgan fingerprint density at radius 2 is 2.00 bits per heavy atom. The van der Waals surface area contributed by atoms with E-state index in [9.17, 15) is 9.59 Å². The molecule has 2 amide bonds. The average molecular weight is 425 g/mol. The lowest BCUT2D eigenvalue weighted by Gasteiger charge is -2.31. The summed E-state index contributed by atoms with van der Waals surface area (Å²) in [5.41, 5.74) is 2.14. The van der Waals surface area contributed by atoms with Crippen molar-refractivity contribution in [2.45, 2.75) is 12.8 Å². The van der Waals surface area contributed by atoms with E-state index in [1.807, 2.05) is 0 Å². The molecule has 6 nitrogen and oxygen atoms in total. The maximum atomic E-state index is 12.2. The minimum atomic E-state index is -0.190. The first-order valence-electron chi connectivity index (χ1n) is 6.98. The number of carbonyl (C=O) groups excluding carboxylic acids is 2. The highest BCUT2D eigenvalue weighted by atomic mass is 79.9. The van der Waals surface area contributed by atoms with E-state index in [-0.39, 0.29) is 24.3 Å². The van der Waals surface area contributed by atoms with Crippen molar-refractivity contribution in [2.24, 2.45) is 11.8 Å². The van der Waals surface area contributed by atoms with Crippen LogP contribution in [-0.4, -0.2) is 36.4 Å². The molecule has 1 aliphatic heterocycles. The van der Waals surface area contributed by atoms with Gasteiger partial charge in [0.05, 0.1) is 9.50 Å². The van der Waals surface area contributed by atoms with E-state index < -0.39 is 0 Å². The summed E-state index contributed by atoms with van der Waals surface area (Å²) < 4.78 is 6.09.